The van der Waals surface area contributed by atoms with Crippen molar-refractivity contribution in [3.63, 3.8) is 0 Å². The molecule has 3 aromatic heterocycles. The average molecular weight is 518 g/mol. The third-order valence-electron chi connectivity index (χ3n) is 7.28. The SMILES string of the molecule is C1CC1.CC(=O)NC12CCC(c3nc(-c4cccc(C)n4)c(-c4ccnc([As])n4)[nH]3)(CC1)CC2. The topological polar surface area (TPSA) is 96.5 Å². The number of pyridine rings is 1. The first-order valence-electron chi connectivity index (χ1n) is 12.2. The summed E-state index contributed by atoms with van der Waals surface area (Å²) in [6.07, 6.45) is 12.3. The molecule has 3 aromatic rings. The van der Waals surface area contributed by atoms with Crippen molar-refractivity contribution in [1.82, 2.24) is 30.2 Å². The van der Waals surface area contributed by atoms with E-state index in [-0.39, 0.29) is 16.9 Å². The minimum absolute atomic E-state index is 0.00911. The Hall–Kier alpha value is -2.53. The van der Waals surface area contributed by atoms with Gasteiger partial charge in [0.05, 0.1) is 0 Å². The summed E-state index contributed by atoms with van der Waals surface area (Å²) in [4.78, 5) is 34.1. The van der Waals surface area contributed by atoms with E-state index in [9.17, 15) is 4.79 Å². The van der Waals surface area contributed by atoms with Crippen molar-refractivity contribution in [1.29, 1.82) is 0 Å². The number of carbonyl (C=O) groups excluding carboxylic acids is 1. The summed E-state index contributed by atoms with van der Waals surface area (Å²) in [7, 11) is 0. The third-order valence-corrected chi connectivity index (χ3v) is 7.73. The van der Waals surface area contributed by atoms with Gasteiger partial charge in [0.15, 0.2) is 0 Å². The van der Waals surface area contributed by atoms with Gasteiger partial charge in [-0.2, -0.15) is 0 Å². The zero-order valence-electron chi connectivity index (χ0n) is 19.9. The van der Waals surface area contributed by atoms with Crippen LogP contribution in [0.25, 0.3) is 22.8 Å². The Balaban J connectivity index is 0.000000745. The quantitative estimate of drug-likeness (QED) is 0.514. The van der Waals surface area contributed by atoms with E-state index in [1.807, 2.05) is 31.2 Å². The van der Waals surface area contributed by atoms with Gasteiger partial charge in [0.1, 0.15) is 0 Å². The van der Waals surface area contributed by atoms with E-state index in [4.69, 9.17) is 9.97 Å². The Morgan fingerprint density at radius 3 is 2.26 bits per heavy atom. The maximum atomic E-state index is 11.7. The van der Waals surface area contributed by atoms with Gasteiger partial charge in [0.2, 0.25) is 0 Å². The summed E-state index contributed by atoms with van der Waals surface area (Å²) >= 11 is 2.39. The number of hydrogen-bond acceptors (Lipinski definition) is 5. The summed E-state index contributed by atoms with van der Waals surface area (Å²) in [6.45, 7) is 3.61. The first-order valence-corrected chi connectivity index (χ1v) is 13.2. The molecular formula is C26H31AsN6O. The molecule has 8 heteroatoms. The molecule has 2 bridgehead atoms. The van der Waals surface area contributed by atoms with Gasteiger partial charge in [0, 0.05) is 6.92 Å². The molecule has 1 amide bonds. The second-order valence-corrected chi connectivity index (χ2v) is 10.9. The number of imidazole rings is 1. The van der Waals surface area contributed by atoms with Crippen LogP contribution in [0.4, 0.5) is 0 Å². The molecule has 0 aromatic carbocycles. The number of fused-ring (bicyclic) bond motifs is 3. The van der Waals surface area contributed by atoms with Crippen LogP contribution in [0.15, 0.2) is 30.5 Å². The Kier molecular flexibility index (Phi) is 6.32. The average Bonchev–Trinajstić information content (AvgIpc) is 3.64. The van der Waals surface area contributed by atoms with Crippen LogP contribution in [0.1, 0.15) is 76.2 Å². The summed E-state index contributed by atoms with van der Waals surface area (Å²) < 4.78 is 0.665. The van der Waals surface area contributed by atoms with E-state index in [0.29, 0.717) is 4.61 Å². The van der Waals surface area contributed by atoms with Crippen LogP contribution in [-0.4, -0.2) is 53.2 Å². The van der Waals surface area contributed by atoms with Crippen molar-refractivity contribution < 1.29 is 4.79 Å². The summed E-state index contributed by atoms with van der Waals surface area (Å²) in [6, 6.07) is 7.92. The Morgan fingerprint density at radius 2 is 1.68 bits per heavy atom. The van der Waals surface area contributed by atoms with Gasteiger partial charge in [-0.3, -0.25) is 4.79 Å². The van der Waals surface area contributed by atoms with Gasteiger partial charge in [-0.15, -0.1) is 0 Å². The molecule has 0 spiro atoms. The van der Waals surface area contributed by atoms with Crippen molar-refractivity contribution in [3.8, 4) is 22.8 Å². The molecule has 0 saturated heterocycles. The molecule has 4 aliphatic rings. The van der Waals surface area contributed by atoms with Crippen molar-refractivity contribution in [2.75, 3.05) is 0 Å². The number of aromatic amines is 1. The van der Waals surface area contributed by atoms with E-state index in [1.165, 1.54) is 19.3 Å². The number of nitrogens with zero attached hydrogens (tertiary/aromatic N) is 4. The maximum absolute atomic E-state index is 11.7. The van der Waals surface area contributed by atoms with Crippen LogP contribution >= 0.6 is 0 Å². The molecule has 34 heavy (non-hydrogen) atoms. The number of nitrogens with one attached hydrogen (secondary N) is 2. The summed E-state index contributed by atoms with van der Waals surface area (Å²) in [5.41, 5.74) is 4.32. The van der Waals surface area contributed by atoms with E-state index in [2.05, 4.69) is 37.1 Å². The number of aryl methyl sites for hydroxylation is 1. The summed E-state index contributed by atoms with van der Waals surface area (Å²) in [5.74, 6) is 1.09. The number of hydrogen-bond donors (Lipinski definition) is 2. The second-order valence-electron chi connectivity index (χ2n) is 10.0. The van der Waals surface area contributed by atoms with Crippen molar-refractivity contribution in [2.45, 2.75) is 82.6 Å². The van der Waals surface area contributed by atoms with Gasteiger partial charge >= 0.3 is 179 Å². The summed E-state index contributed by atoms with van der Waals surface area (Å²) in [5, 5.41) is 3.23. The fourth-order valence-electron chi connectivity index (χ4n) is 5.26. The molecule has 0 atom stereocenters. The van der Waals surface area contributed by atoms with Crippen LogP contribution in [0.3, 0.4) is 0 Å². The van der Waals surface area contributed by atoms with Gasteiger partial charge in [-0.1, -0.05) is 19.3 Å². The Bertz CT molecular complexity index is 1110. The molecule has 7 nitrogen and oxygen atoms in total. The number of rotatable bonds is 4. The third kappa shape index (κ3) is 4.81. The zero-order valence-corrected chi connectivity index (χ0v) is 21.8. The molecule has 0 aliphatic heterocycles. The normalized spacial score (nSPS) is 24.8. The van der Waals surface area contributed by atoms with E-state index in [0.717, 1.165) is 72.8 Å². The van der Waals surface area contributed by atoms with Crippen LogP contribution < -0.4 is 9.93 Å². The monoisotopic (exact) mass is 518 g/mol. The van der Waals surface area contributed by atoms with E-state index >= 15 is 0 Å². The van der Waals surface area contributed by atoms with Crippen molar-refractivity contribution >= 4 is 27.4 Å². The molecule has 4 aliphatic carbocycles. The van der Waals surface area contributed by atoms with Crippen molar-refractivity contribution in [2.24, 2.45) is 0 Å². The predicted molar refractivity (Wildman–Crippen MR) is 133 cm³/mol. The number of amides is 1. The second kappa shape index (κ2) is 9.25. The van der Waals surface area contributed by atoms with Gasteiger partial charge < -0.3 is 0 Å². The van der Waals surface area contributed by atoms with Crippen LogP contribution in [0, 0.1) is 6.92 Å². The number of aromatic nitrogens is 5. The van der Waals surface area contributed by atoms with Crippen LogP contribution in [0.2, 0.25) is 0 Å². The number of H-pyrrole nitrogens is 1. The standard InChI is InChI=1S/C23H25AsN6O.C3H6/c1-14-4-3-5-16(26-14)18-19(17-6-13-25-21(24)27-17)29-20(28-18)22-7-10-23(11-8-22,12-9-22)30-15(2)31;1-2-3-1/h3-6,13H,7-12H2,1-2H3,(H,28,29)(H,30,31);1-3H2. The fraction of sp³-hybridized carbons (Fsp3) is 0.500. The fourth-order valence-corrected chi connectivity index (χ4v) is 5.63. The zero-order chi connectivity index (χ0) is 23.8. The molecule has 4 saturated carbocycles. The van der Waals surface area contributed by atoms with Gasteiger partial charge in [-0.05, 0) is 0 Å². The molecule has 2 N–H and O–H groups in total. The molecule has 0 unspecified atom stereocenters. The molecule has 4 fully saturated rings. The number of carbonyl (C=O) groups is 1. The van der Waals surface area contributed by atoms with E-state index in [1.54, 1.807) is 13.1 Å². The first-order chi connectivity index (χ1) is 16.4. The minimum atomic E-state index is -0.0361. The Labute approximate surface area is 209 Å². The molecule has 176 valence electrons. The predicted octanol–water partition coefficient (Wildman–Crippen LogP) is 3.68. The molecule has 2 radical (unpaired) electrons. The Morgan fingerprint density at radius 1 is 0.971 bits per heavy atom. The van der Waals surface area contributed by atoms with Gasteiger partial charge in [-0.25, -0.2) is 0 Å². The van der Waals surface area contributed by atoms with Gasteiger partial charge in [0.25, 0.3) is 0 Å². The molecular weight excluding hydrogens is 487 g/mol. The van der Waals surface area contributed by atoms with Crippen LogP contribution in [0.5, 0.6) is 0 Å². The molecule has 3 heterocycles. The van der Waals surface area contributed by atoms with Crippen molar-refractivity contribution in [3.05, 3.63) is 42.0 Å². The van der Waals surface area contributed by atoms with Crippen LogP contribution in [-0.2, 0) is 10.2 Å². The molecule has 7 rings (SSSR count). The van der Waals surface area contributed by atoms with E-state index < -0.39 is 0 Å². The first kappa shape index (κ1) is 23.2.